The molecule has 0 atom stereocenters. The summed E-state index contributed by atoms with van der Waals surface area (Å²) in [5.41, 5.74) is 0. The molecule has 0 aliphatic heterocycles. The summed E-state index contributed by atoms with van der Waals surface area (Å²) in [6.07, 6.45) is 6.08. The number of rotatable bonds is 4. The molecule has 0 saturated heterocycles. The van der Waals surface area contributed by atoms with E-state index < -0.39 is 0 Å². The Balaban J connectivity index is 2.28. The maximum absolute atomic E-state index is 5.36. The van der Waals surface area contributed by atoms with Crippen molar-refractivity contribution < 1.29 is 9.57 Å². The summed E-state index contributed by atoms with van der Waals surface area (Å²) >= 11 is 0. The molecule has 2 nitrogen and oxygen atoms in total. The van der Waals surface area contributed by atoms with Crippen molar-refractivity contribution in [2.45, 2.75) is 19.8 Å². The van der Waals surface area contributed by atoms with Crippen molar-refractivity contribution in [3.63, 3.8) is 0 Å². The lowest BCUT2D eigenvalue weighted by atomic mass is 10.4. The van der Waals surface area contributed by atoms with Gasteiger partial charge in [0.1, 0.15) is 0 Å². The van der Waals surface area contributed by atoms with Crippen LogP contribution in [0.15, 0.2) is 30.6 Å². The molecule has 0 bridgehead atoms. The smallest absolute Gasteiger partial charge is 0.222 e. The minimum Gasteiger partial charge on any atom is -0.271 e. The third kappa shape index (κ3) is 3.03. The van der Waals surface area contributed by atoms with Crippen LogP contribution in [0.25, 0.3) is 0 Å². The largest absolute Gasteiger partial charge is 0.271 e. The lowest BCUT2D eigenvalue weighted by Crippen LogP contribution is -2.41. The third-order valence-corrected chi connectivity index (χ3v) is 1.43. The Morgan fingerprint density at radius 1 is 1.18 bits per heavy atom. The fourth-order valence-electron chi connectivity index (χ4n) is 0.783. The molecular formula is C9H14NO+. The molecule has 2 heteroatoms. The topological polar surface area (TPSA) is 13.1 Å². The van der Waals surface area contributed by atoms with Crippen molar-refractivity contribution in [3.05, 3.63) is 30.6 Å². The van der Waals surface area contributed by atoms with Gasteiger partial charge in [-0.25, -0.2) is 0 Å². The summed E-state index contributed by atoms with van der Waals surface area (Å²) in [5.74, 6) is 0. The summed E-state index contributed by atoms with van der Waals surface area (Å²) in [6, 6.07) is 5.87. The average Bonchev–Trinajstić information content (AvgIpc) is 2.07. The van der Waals surface area contributed by atoms with Gasteiger partial charge >= 0.3 is 0 Å². The van der Waals surface area contributed by atoms with E-state index in [0.717, 1.165) is 13.0 Å². The number of hydrogen-bond donors (Lipinski definition) is 0. The normalized spacial score (nSPS) is 9.55. The van der Waals surface area contributed by atoms with Gasteiger partial charge in [0, 0.05) is 16.9 Å². The highest BCUT2D eigenvalue weighted by atomic mass is 16.7. The van der Waals surface area contributed by atoms with Crippen LogP contribution in [0.1, 0.15) is 19.8 Å². The Morgan fingerprint density at radius 2 is 1.91 bits per heavy atom. The van der Waals surface area contributed by atoms with Crippen molar-refractivity contribution in [1.82, 2.24) is 0 Å². The average molecular weight is 152 g/mol. The first-order valence-electron chi connectivity index (χ1n) is 4.03. The molecule has 1 aromatic heterocycles. The van der Waals surface area contributed by atoms with Crippen molar-refractivity contribution in [3.8, 4) is 0 Å². The van der Waals surface area contributed by atoms with Gasteiger partial charge in [-0.3, -0.25) is 4.84 Å². The zero-order chi connectivity index (χ0) is 7.94. The minimum absolute atomic E-state index is 0.797. The van der Waals surface area contributed by atoms with E-state index in [-0.39, 0.29) is 0 Å². The fraction of sp³-hybridized carbons (Fsp3) is 0.444. The number of pyridine rings is 1. The molecule has 0 spiro atoms. The molecule has 0 aliphatic carbocycles. The number of hydrogen-bond acceptors (Lipinski definition) is 1. The molecule has 0 fully saturated rings. The van der Waals surface area contributed by atoms with E-state index in [4.69, 9.17) is 4.84 Å². The van der Waals surface area contributed by atoms with Crippen LogP contribution in [0.2, 0.25) is 0 Å². The zero-order valence-corrected chi connectivity index (χ0v) is 6.86. The molecule has 0 N–H and O–H groups in total. The Hall–Kier alpha value is -1.05. The molecule has 1 heterocycles. The SMILES string of the molecule is CCCCO[n+]1ccccc1. The second-order valence-corrected chi connectivity index (χ2v) is 2.42. The predicted octanol–water partition coefficient (Wildman–Crippen LogP) is 1.20. The first kappa shape index (κ1) is 8.05. The first-order valence-corrected chi connectivity index (χ1v) is 4.03. The fourth-order valence-corrected chi connectivity index (χ4v) is 0.783. The van der Waals surface area contributed by atoms with Crippen LogP contribution in [0.3, 0.4) is 0 Å². The second-order valence-electron chi connectivity index (χ2n) is 2.42. The van der Waals surface area contributed by atoms with Crippen molar-refractivity contribution in [1.29, 1.82) is 0 Å². The maximum atomic E-state index is 5.36. The Bertz CT molecular complexity index is 186. The van der Waals surface area contributed by atoms with Gasteiger partial charge in [0.05, 0.1) is 0 Å². The summed E-state index contributed by atoms with van der Waals surface area (Å²) in [4.78, 5) is 5.36. The van der Waals surface area contributed by atoms with Crippen LogP contribution >= 0.6 is 0 Å². The van der Waals surface area contributed by atoms with E-state index in [1.54, 1.807) is 4.73 Å². The van der Waals surface area contributed by atoms with Gasteiger partial charge in [0.25, 0.3) is 0 Å². The molecular weight excluding hydrogens is 138 g/mol. The van der Waals surface area contributed by atoms with E-state index in [9.17, 15) is 0 Å². The van der Waals surface area contributed by atoms with E-state index in [0.29, 0.717) is 0 Å². The van der Waals surface area contributed by atoms with Crippen LogP contribution in [-0.4, -0.2) is 6.61 Å². The van der Waals surface area contributed by atoms with Crippen LogP contribution in [0.4, 0.5) is 0 Å². The summed E-state index contributed by atoms with van der Waals surface area (Å²) in [5, 5.41) is 0. The van der Waals surface area contributed by atoms with Crippen molar-refractivity contribution >= 4 is 0 Å². The van der Waals surface area contributed by atoms with Gasteiger partial charge < -0.3 is 0 Å². The summed E-state index contributed by atoms with van der Waals surface area (Å²) in [6.45, 7) is 2.95. The Morgan fingerprint density at radius 3 is 2.55 bits per heavy atom. The molecule has 11 heavy (non-hydrogen) atoms. The van der Waals surface area contributed by atoms with Gasteiger partial charge in [-0.05, 0) is 6.42 Å². The van der Waals surface area contributed by atoms with E-state index >= 15 is 0 Å². The highest BCUT2D eigenvalue weighted by Gasteiger charge is 1.95. The first-order chi connectivity index (χ1) is 5.43. The van der Waals surface area contributed by atoms with Gasteiger partial charge in [-0.1, -0.05) is 19.4 Å². The molecule has 0 aliphatic rings. The molecule has 0 saturated carbocycles. The molecule has 1 rings (SSSR count). The molecule has 1 aromatic rings. The lowest BCUT2D eigenvalue weighted by Gasteiger charge is -1.94. The monoisotopic (exact) mass is 152 g/mol. The van der Waals surface area contributed by atoms with Gasteiger partial charge in [0.2, 0.25) is 12.4 Å². The lowest BCUT2D eigenvalue weighted by molar-refractivity contribution is -0.891. The zero-order valence-electron chi connectivity index (χ0n) is 6.86. The second kappa shape index (κ2) is 4.72. The molecule has 0 aromatic carbocycles. The van der Waals surface area contributed by atoms with Crippen LogP contribution in [-0.2, 0) is 0 Å². The number of unbranched alkanes of at least 4 members (excludes halogenated alkanes) is 1. The number of aromatic nitrogens is 1. The van der Waals surface area contributed by atoms with Crippen molar-refractivity contribution in [2.75, 3.05) is 6.61 Å². The van der Waals surface area contributed by atoms with E-state index in [1.165, 1.54) is 6.42 Å². The van der Waals surface area contributed by atoms with E-state index in [1.807, 2.05) is 30.6 Å². The van der Waals surface area contributed by atoms with Gasteiger partial charge in [-0.15, -0.1) is 0 Å². The highest BCUT2D eigenvalue weighted by Crippen LogP contribution is 1.82. The quantitative estimate of drug-likeness (QED) is 0.467. The van der Waals surface area contributed by atoms with Crippen LogP contribution in [0.5, 0.6) is 0 Å². The van der Waals surface area contributed by atoms with Crippen molar-refractivity contribution in [2.24, 2.45) is 0 Å². The Labute approximate surface area is 67.4 Å². The van der Waals surface area contributed by atoms with E-state index in [2.05, 4.69) is 6.92 Å². The Kier molecular flexibility index (Phi) is 3.45. The standard InChI is InChI=1S/C9H14NO/c1-2-3-9-11-10-7-5-4-6-8-10/h4-8H,2-3,9H2,1H3/q+1. The number of nitrogens with zero attached hydrogens (tertiary/aromatic N) is 1. The summed E-state index contributed by atoms with van der Waals surface area (Å²) < 4.78 is 1.73. The van der Waals surface area contributed by atoms with Gasteiger partial charge in [-0.2, -0.15) is 0 Å². The predicted molar refractivity (Wildman–Crippen MR) is 43.0 cm³/mol. The van der Waals surface area contributed by atoms with Gasteiger partial charge in [0.15, 0.2) is 6.61 Å². The molecule has 60 valence electrons. The van der Waals surface area contributed by atoms with Crippen LogP contribution in [0, 0.1) is 0 Å². The molecule has 0 amide bonds. The minimum atomic E-state index is 0.797. The van der Waals surface area contributed by atoms with Crippen LogP contribution < -0.4 is 9.57 Å². The summed E-state index contributed by atoms with van der Waals surface area (Å²) in [7, 11) is 0. The third-order valence-electron chi connectivity index (χ3n) is 1.43. The molecule has 0 radical (unpaired) electrons. The maximum Gasteiger partial charge on any atom is 0.222 e. The molecule has 0 unspecified atom stereocenters. The highest BCUT2D eigenvalue weighted by molar-refractivity contribution is 4.83.